The summed E-state index contributed by atoms with van der Waals surface area (Å²) in [6.45, 7) is -0.837. The van der Waals surface area contributed by atoms with Crippen LogP contribution in [0, 0.1) is 0 Å². The second kappa shape index (κ2) is 7.13. The van der Waals surface area contributed by atoms with Crippen molar-refractivity contribution in [1.29, 1.82) is 0 Å². The summed E-state index contributed by atoms with van der Waals surface area (Å²) < 4.78 is 74.4. The van der Waals surface area contributed by atoms with Crippen molar-refractivity contribution in [1.82, 2.24) is 10.2 Å². The van der Waals surface area contributed by atoms with Crippen LogP contribution in [0.2, 0.25) is 0 Å². The molecule has 0 aliphatic heterocycles. The summed E-state index contributed by atoms with van der Waals surface area (Å²) in [6.07, 6.45) is -8.72. The minimum atomic E-state index is -4.44. The minimum Gasteiger partial charge on any atom is -0.311 e. The average Bonchev–Trinajstić information content (AvgIpc) is 2.32. The summed E-state index contributed by atoms with van der Waals surface area (Å²) in [4.78, 5) is 1.06. The SMILES string of the molecule is CN(CCNCc1ccccc1C(F)(F)F)CC(F)(F)F. The predicted molar refractivity (Wildman–Crippen MR) is 66.7 cm³/mol. The summed E-state index contributed by atoms with van der Waals surface area (Å²) >= 11 is 0. The van der Waals surface area contributed by atoms with E-state index in [4.69, 9.17) is 0 Å². The number of rotatable bonds is 6. The topological polar surface area (TPSA) is 15.3 Å². The zero-order valence-electron chi connectivity index (χ0n) is 11.4. The minimum absolute atomic E-state index is 0.0461. The molecule has 0 amide bonds. The fourth-order valence-electron chi connectivity index (χ4n) is 1.83. The van der Waals surface area contributed by atoms with Crippen LogP contribution in [0.5, 0.6) is 0 Å². The van der Waals surface area contributed by atoms with Crippen molar-refractivity contribution < 1.29 is 26.3 Å². The van der Waals surface area contributed by atoms with Gasteiger partial charge in [0, 0.05) is 19.6 Å². The molecule has 1 N–H and O–H groups in total. The van der Waals surface area contributed by atoms with Crippen LogP contribution in [-0.2, 0) is 12.7 Å². The third kappa shape index (κ3) is 6.81. The maximum atomic E-state index is 12.7. The second-order valence-electron chi connectivity index (χ2n) is 4.68. The Labute approximate surface area is 118 Å². The molecular weight excluding hydrogens is 298 g/mol. The zero-order chi connectivity index (χ0) is 16.1. The van der Waals surface area contributed by atoms with Gasteiger partial charge in [0.2, 0.25) is 0 Å². The predicted octanol–water partition coefficient (Wildman–Crippen LogP) is 3.29. The van der Waals surface area contributed by atoms with Crippen LogP contribution >= 0.6 is 0 Å². The highest BCUT2D eigenvalue weighted by Gasteiger charge is 2.32. The molecule has 0 fully saturated rings. The summed E-state index contributed by atoms with van der Waals surface area (Å²) in [5.74, 6) is 0. The summed E-state index contributed by atoms with van der Waals surface area (Å²) in [5, 5.41) is 2.72. The summed E-state index contributed by atoms with van der Waals surface area (Å²) in [6, 6.07) is 5.10. The van der Waals surface area contributed by atoms with E-state index in [-0.39, 0.29) is 25.2 Å². The van der Waals surface area contributed by atoms with Crippen LogP contribution in [0.1, 0.15) is 11.1 Å². The third-order valence-electron chi connectivity index (χ3n) is 2.76. The van der Waals surface area contributed by atoms with Crippen molar-refractivity contribution in [2.45, 2.75) is 18.9 Å². The van der Waals surface area contributed by atoms with Crippen LogP contribution in [0.4, 0.5) is 26.3 Å². The molecule has 0 aromatic heterocycles. The van der Waals surface area contributed by atoms with E-state index in [1.807, 2.05) is 0 Å². The van der Waals surface area contributed by atoms with Crippen molar-refractivity contribution in [3.05, 3.63) is 35.4 Å². The van der Waals surface area contributed by atoms with Gasteiger partial charge in [-0.2, -0.15) is 26.3 Å². The van der Waals surface area contributed by atoms with Crippen molar-refractivity contribution in [3.8, 4) is 0 Å². The fourth-order valence-corrected chi connectivity index (χ4v) is 1.83. The molecule has 0 radical (unpaired) electrons. The van der Waals surface area contributed by atoms with Crippen LogP contribution in [0.25, 0.3) is 0 Å². The number of hydrogen-bond acceptors (Lipinski definition) is 2. The van der Waals surface area contributed by atoms with E-state index in [1.165, 1.54) is 25.2 Å². The number of likely N-dealkylation sites (N-methyl/N-ethyl adjacent to an activating group) is 1. The first kappa shape index (κ1) is 17.8. The van der Waals surface area contributed by atoms with Gasteiger partial charge in [0.25, 0.3) is 0 Å². The summed E-state index contributed by atoms with van der Waals surface area (Å²) in [5.41, 5.74) is -0.662. The highest BCUT2D eigenvalue weighted by Crippen LogP contribution is 2.31. The smallest absolute Gasteiger partial charge is 0.311 e. The lowest BCUT2D eigenvalue weighted by Crippen LogP contribution is -2.36. The molecular formula is C13H16F6N2. The van der Waals surface area contributed by atoms with Crippen LogP contribution in [-0.4, -0.2) is 37.8 Å². The van der Waals surface area contributed by atoms with E-state index < -0.39 is 24.5 Å². The van der Waals surface area contributed by atoms with Crippen LogP contribution in [0.15, 0.2) is 24.3 Å². The number of halogens is 6. The van der Waals surface area contributed by atoms with Gasteiger partial charge in [0.15, 0.2) is 0 Å². The first-order chi connectivity index (χ1) is 9.59. The Balaban J connectivity index is 2.44. The first-order valence-corrected chi connectivity index (χ1v) is 6.21. The van der Waals surface area contributed by atoms with E-state index >= 15 is 0 Å². The lowest BCUT2D eigenvalue weighted by Gasteiger charge is -2.19. The molecule has 8 heteroatoms. The molecule has 0 aliphatic rings. The molecule has 0 atom stereocenters. The maximum Gasteiger partial charge on any atom is 0.416 e. The van der Waals surface area contributed by atoms with Crippen LogP contribution in [0.3, 0.4) is 0 Å². The molecule has 21 heavy (non-hydrogen) atoms. The Morgan fingerprint density at radius 2 is 1.67 bits per heavy atom. The molecule has 0 saturated heterocycles. The van der Waals surface area contributed by atoms with Crippen molar-refractivity contribution in [2.24, 2.45) is 0 Å². The number of benzene rings is 1. The monoisotopic (exact) mass is 314 g/mol. The van der Waals surface area contributed by atoms with E-state index in [0.29, 0.717) is 0 Å². The zero-order valence-corrected chi connectivity index (χ0v) is 11.4. The molecule has 120 valence electrons. The maximum absolute atomic E-state index is 12.7. The number of nitrogens with zero attached hydrogens (tertiary/aromatic N) is 1. The molecule has 0 saturated carbocycles. The standard InChI is InChI=1S/C13H16F6N2/c1-21(9-12(14,15)16)7-6-20-8-10-4-2-3-5-11(10)13(17,18)19/h2-5,20H,6-9H2,1H3. The van der Waals surface area contributed by atoms with Gasteiger partial charge in [-0.3, -0.25) is 4.90 Å². The number of hydrogen-bond donors (Lipinski definition) is 1. The van der Waals surface area contributed by atoms with Gasteiger partial charge >= 0.3 is 12.4 Å². The number of nitrogens with one attached hydrogen (secondary N) is 1. The fraction of sp³-hybridized carbons (Fsp3) is 0.538. The average molecular weight is 314 g/mol. The van der Waals surface area contributed by atoms with E-state index in [0.717, 1.165) is 11.0 Å². The quantitative estimate of drug-likeness (QED) is 0.640. The highest BCUT2D eigenvalue weighted by molar-refractivity contribution is 5.29. The normalized spacial score (nSPS) is 13.0. The Bertz CT molecular complexity index is 441. The lowest BCUT2D eigenvalue weighted by molar-refractivity contribution is -0.143. The Hall–Kier alpha value is -1.28. The van der Waals surface area contributed by atoms with Crippen molar-refractivity contribution >= 4 is 0 Å². The molecule has 2 nitrogen and oxygen atoms in total. The van der Waals surface area contributed by atoms with Gasteiger partial charge in [-0.1, -0.05) is 18.2 Å². The molecule has 0 heterocycles. The lowest BCUT2D eigenvalue weighted by atomic mass is 10.1. The van der Waals surface area contributed by atoms with E-state index in [1.54, 1.807) is 0 Å². The molecule has 0 bridgehead atoms. The van der Waals surface area contributed by atoms with Crippen molar-refractivity contribution in [2.75, 3.05) is 26.7 Å². The molecule has 1 rings (SSSR count). The first-order valence-electron chi connectivity index (χ1n) is 6.21. The molecule has 0 unspecified atom stereocenters. The van der Waals surface area contributed by atoms with Gasteiger partial charge in [-0.15, -0.1) is 0 Å². The highest BCUT2D eigenvalue weighted by atomic mass is 19.4. The number of alkyl halides is 6. The van der Waals surface area contributed by atoms with Crippen molar-refractivity contribution in [3.63, 3.8) is 0 Å². The van der Waals surface area contributed by atoms with Gasteiger partial charge < -0.3 is 5.32 Å². The molecule has 0 spiro atoms. The Morgan fingerprint density at radius 1 is 1.05 bits per heavy atom. The Morgan fingerprint density at radius 3 is 2.24 bits per heavy atom. The van der Waals surface area contributed by atoms with E-state index in [9.17, 15) is 26.3 Å². The molecule has 1 aromatic rings. The van der Waals surface area contributed by atoms with Gasteiger partial charge in [-0.25, -0.2) is 0 Å². The largest absolute Gasteiger partial charge is 0.416 e. The van der Waals surface area contributed by atoms with E-state index in [2.05, 4.69) is 5.32 Å². The molecule has 1 aromatic carbocycles. The van der Waals surface area contributed by atoms with Gasteiger partial charge in [0.05, 0.1) is 12.1 Å². The molecule has 0 aliphatic carbocycles. The second-order valence-corrected chi connectivity index (χ2v) is 4.68. The Kier molecular flexibility index (Phi) is 6.03. The third-order valence-corrected chi connectivity index (χ3v) is 2.76. The van der Waals surface area contributed by atoms with Crippen LogP contribution < -0.4 is 5.32 Å². The summed E-state index contributed by atoms with van der Waals surface area (Å²) in [7, 11) is 1.30. The van der Waals surface area contributed by atoms with Gasteiger partial charge in [-0.05, 0) is 18.7 Å². The van der Waals surface area contributed by atoms with Gasteiger partial charge in [0.1, 0.15) is 0 Å².